The molecule has 4 heteroatoms. The lowest BCUT2D eigenvalue weighted by atomic mass is 9.95. The summed E-state index contributed by atoms with van der Waals surface area (Å²) in [7, 11) is 2.14. The minimum absolute atomic E-state index is 0.137. The van der Waals surface area contributed by atoms with E-state index in [1.54, 1.807) is 0 Å². The van der Waals surface area contributed by atoms with E-state index in [2.05, 4.69) is 11.9 Å². The van der Waals surface area contributed by atoms with Crippen molar-refractivity contribution in [1.29, 1.82) is 0 Å². The van der Waals surface area contributed by atoms with Gasteiger partial charge in [0.2, 0.25) is 0 Å². The molecule has 0 aromatic carbocycles. The Morgan fingerprint density at radius 1 is 1.18 bits per heavy atom. The summed E-state index contributed by atoms with van der Waals surface area (Å²) in [5.74, 6) is 0.617. The van der Waals surface area contributed by atoms with Crippen LogP contribution in [-0.4, -0.2) is 54.2 Å². The van der Waals surface area contributed by atoms with E-state index in [4.69, 9.17) is 4.74 Å². The Bertz CT molecular complexity index is 298. The smallest absolute Gasteiger partial charge is 0.410 e. The number of likely N-dealkylation sites (N-methyl/N-ethyl adjacent to an activating group) is 1. The molecule has 3 fully saturated rings. The van der Waals surface area contributed by atoms with Gasteiger partial charge in [-0.2, -0.15) is 0 Å². The fourth-order valence-electron chi connectivity index (χ4n) is 2.86. The molecule has 0 aromatic heterocycles. The quantitative estimate of drug-likeness (QED) is 0.649. The standard InChI is InChI=1S/C13H24N2O2/c1-13(2,3)17-12(16)15-8-10-5-6-11(15)9-14(4)7-10/h10-11H,5-9H2,1-4H3. The highest BCUT2D eigenvalue weighted by atomic mass is 16.6. The lowest BCUT2D eigenvalue weighted by Gasteiger charge is -2.37. The van der Waals surface area contributed by atoms with Crippen LogP contribution in [0.3, 0.4) is 0 Å². The summed E-state index contributed by atoms with van der Waals surface area (Å²) in [6.45, 7) is 8.72. The Morgan fingerprint density at radius 3 is 2.53 bits per heavy atom. The number of nitrogens with zero attached hydrogens (tertiary/aromatic N) is 2. The summed E-state index contributed by atoms with van der Waals surface area (Å²) >= 11 is 0. The molecule has 98 valence electrons. The number of carbonyl (C=O) groups excluding carboxylic acids is 1. The van der Waals surface area contributed by atoms with Crippen LogP contribution in [0.5, 0.6) is 0 Å². The molecule has 2 unspecified atom stereocenters. The molecule has 0 aromatic rings. The van der Waals surface area contributed by atoms with Crippen LogP contribution < -0.4 is 0 Å². The van der Waals surface area contributed by atoms with Gasteiger partial charge in [0.05, 0.1) is 0 Å². The third kappa shape index (κ3) is 3.12. The molecule has 0 aliphatic carbocycles. The summed E-state index contributed by atoms with van der Waals surface area (Å²) in [5, 5.41) is 0. The highest BCUT2D eigenvalue weighted by Crippen LogP contribution is 2.28. The van der Waals surface area contributed by atoms with Gasteiger partial charge < -0.3 is 14.5 Å². The summed E-state index contributed by atoms with van der Waals surface area (Å²) in [4.78, 5) is 16.4. The van der Waals surface area contributed by atoms with Crippen LogP contribution in [0.25, 0.3) is 0 Å². The van der Waals surface area contributed by atoms with Gasteiger partial charge in [0.25, 0.3) is 0 Å². The highest BCUT2D eigenvalue weighted by Gasteiger charge is 2.37. The molecule has 17 heavy (non-hydrogen) atoms. The summed E-state index contributed by atoms with van der Waals surface area (Å²) in [6.07, 6.45) is 2.23. The van der Waals surface area contributed by atoms with Crippen LogP contribution in [0.1, 0.15) is 33.6 Å². The fourth-order valence-corrected chi connectivity index (χ4v) is 2.86. The molecule has 3 saturated heterocycles. The number of hydrogen-bond donors (Lipinski definition) is 0. The van der Waals surface area contributed by atoms with Crippen LogP contribution in [0.4, 0.5) is 4.79 Å². The van der Waals surface area contributed by atoms with Crippen molar-refractivity contribution in [2.75, 3.05) is 26.7 Å². The number of fused-ring (bicyclic) bond motifs is 4. The maximum atomic E-state index is 12.1. The maximum absolute atomic E-state index is 12.1. The van der Waals surface area contributed by atoms with Crippen molar-refractivity contribution < 1.29 is 9.53 Å². The summed E-state index contributed by atoms with van der Waals surface area (Å²) in [5.41, 5.74) is -0.394. The molecule has 2 bridgehead atoms. The average Bonchev–Trinajstić information content (AvgIpc) is 2.43. The van der Waals surface area contributed by atoms with E-state index in [0.717, 1.165) is 26.1 Å². The van der Waals surface area contributed by atoms with E-state index in [1.807, 2.05) is 25.7 Å². The molecule has 3 aliphatic rings. The molecule has 2 atom stereocenters. The van der Waals surface area contributed by atoms with Crippen LogP contribution in [0, 0.1) is 5.92 Å². The third-order valence-corrected chi connectivity index (χ3v) is 3.52. The van der Waals surface area contributed by atoms with Crippen LogP contribution in [0.2, 0.25) is 0 Å². The highest BCUT2D eigenvalue weighted by molar-refractivity contribution is 5.68. The van der Waals surface area contributed by atoms with E-state index in [1.165, 1.54) is 6.42 Å². The minimum atomic E-state index is -0.394. The Kier molecular flexibility index (Phi) is 3.34. The van der Waals surface area contributed by atoms with Gasteiger partial charge in [-0.3, -0.25) is 0 Å². The monoisotopic (exact) mass is 240 g/mol. The second-order valence-corrected chi connectivity index (χ2v) is 6.45. The van der Waals surface area contributed by atoms with Gasteiger partial charge in [-0.15, -0.1) is 0 Å². The second-order valence-electron chi connectivity index (χ2n) is 6.45. The number of piperidine rings is 1. The van der Waals surface area contributed by atoms with Crippen molar-refractivity contribution in [2.24, 2.45) is 5.92 Å². The van der Waals surface area contributed by atoms with E-state index >= 15 is 0 Å². The van der Waals surface area contributed by atoms with Gasteiger partial charge in [-0.25, -0.2) is 4.79 Å². The van der Waals surface area contributed by atoms with Crippen molar-refractivity contribution in [3.05, 3.63) is 0 Å². The van der Waals surface area contributed by atoms with Gasteiger partial charge in [-0.05, 0) is 46.6 Å². The Hall–Kier alpha value is -0.770. The molecule has 0 N–H and O–H groups in total. The number of hydrogen-bond acceptors (Lipinski definition) is 3. The first-order chi connectivity index (χ1) is 7.85. The summed E-state index contributed by atoms with van der Waals surface area (Å²) in [6, 6.07) is 0.341. The zero-order chi connectivity index (χ0) is 12.6. The molecule has 0 spiro atoms. The van der Waals surface area contributed by atoms with Crippen molar-refractivity contribution >= 4 is 6.09 Å². The molecule has 3 heterocycles. The van der Waals surface area contributed by atoms with Crippen molar-refractivity contribution in [3.63, 3.8) is 0 Å². The molecule has 4 nitrogen and oxygen atoms in total. The molecule has 3 aliphatic heterocycles. The third-order valence-electron chi connectivity index (χ3n) is 3.52. The first kappa shape index (κ1) is 12.7. The second kappa shape index (κ2) is 4.48. The van der Waals surface area contributed by atoms with Crippen LogP contribution in [-0.2, 0) is 4.74 Å². The number of amides is 1. The predicted octanol–water partition coefficient (Wildman–Crippen LogP) is 1.95. The molecular weight excluding hydrogens is 216 g/mol. The van der Waals surface area contributed by atoms with Crippen molar-refractivity contribution in [2.45, 2.75) is 45.3 Å². The summed E-state index contributed by atoms with van der Waals surface area (Å²) < 4.78 is 5.49. The van der Waals surface area contributed by atoms with Gasteiger partial charge >= 0.3 is 6.09 Å². The van der Waals surface area contributed by atoms with E-state index in [0.29, 0.717) is 12.0 Å². The predicted molar refractivity (Wildman–Crippen MR) is 66.9 cm³/mol. The molecule has 3 rings (SSSR count). The first-order valence-corrected chi connectivity index (χ1v) is 6.53. The van der Waals surface area contributed by atoms with Crippen molar-refractivity contribution in [1.82, 2.24) is 9.80 Å². The van der Waals surface area contributed by atoms with Crippen LogP contribution >= 0.6 is 0 Å². The van der Waals surface area contributed by atoms with Gasteiger partial charge in [-0.1, -0.05) is 0 Å². The minimum Gasteiger partial charge on any atom is -0.444 e. The Morgan fingerprint density at radius 2 is 1.88 bits per heavy atom. The SMILES string of the molecule is CN1CC2CCC(C1)N(C(=O)OC(C)(C)C)C2. The maximum Gasteiger partial charge on any atom is 0.410 e. The van der Waals surface area contributed by atoms with Gasteiger partial charge in [0.15, 0.2) is 0 Å². The topological polar surface area (TPSA) is 32.8 Å². The molecule has 0 radical (unpaired) electrons. The zero-order valence-corrected chi connectivity index (χ0v) is 11.4. The fraction of sp³-hybridized carbons (Fsp3) is 0.923. The Labute approximate surface area is 104 Å². The van der Waals surface area contributed by atoms with Crippen molar-refractivity contribution in [3.8, 4) is 0 Å². The molecule has 0 saturated carbocycles. The van der Waals surface area contributed by atoms with Gasteiger partial charge in [0.1, 0.15) is 5.60 Å². The van der Waals surface area contributed by atoms with E-state index in [-0.39, 0.29) is 6.09 Å². The van der Waals surface area contributed by atoms with Crippen LogP contribution in [0.15, 0.2) is 0 Å². The number of rotatable bonds is 0. The van der Waals surface area contributed by atoms with Gasteiger partial charge in [0, 0.05) is 25.7 Å². The number of ether oxygens (including phenoxy) is 1. The number of carbonyl (C=O) groups is 1. The lowest BCUT2D eigenvalue weighted by Crippen LogP contribution is -2.49. The van der Waals surface area contributed by atoms with E-state index < -0.39 is 5.60 Å². The largest absolute Gasteiger partial charge is 0.444 e. The average molecular weight is 240 g/mol. The lowest BCUT2D eigenvalue weighted by molar-refractivity contribution is 0.00760. The zero-order valence-electron chi connectivity index (χ0n) is 11.4. The molecule has 1 amide bonds. The normalized spacial score (nSPS) is 30.2. The molecular formula is C13H24N2O2. The van der Waals surface area contributed by atoms with E-state index in [9.17, 15) is 4.79 Å². The Balaban J connectivity index is 2.04. The first-order valence-electron chi connectivity index (χ1n) is 6.53.